The highest BCUT2D eigenvalue weighted by atomic mass is 79.9. The van der Waals surface area contributed by atoms with Crippen molar-refractivity contribution in [2.24, 2.45) is 0 Å². The monoisotopic (exact) mass is 472 g/mol. The molecular weight excluding hydrogens is 470 g/mol. The van der Waals surface area contributed by atoms with Crippen LogP contribution in [0.3, 0.4) is 0 Å². The van der Waals surface area contributed by atoms with Crippen LogP contribution in [0.2, 0.25) is 0 Å². The van der Waals surface area contributed by atoms with Gasteiger partial charge in [0.1, 0.15) is 11.6 Å². The van der Waals surface area contributed by atoms with Crippen LogP contribution in [0.1, 0.15) is 15.9 Å². The summed E-state index contributed by atoms with van der Waals surface area (Å²) in [5.74, 6) is -1.80. The predicted octanol–water partition coefficient (Wildman–Crippen LogP) is 5.74. The highest BCUT2D eigenvalue weighted by molar-refractivity contribution is 9.12. The molecule has 19 heavy (non-hydrogen) atoms. The molecule has 0 radical (unpaired) electrons. The molecule has 2 rings (SSSR count). The zero-order chi connectivity index (χ0) is 14.2. The van der Waals surface area contributed by atoms with Gasteiger partial charge in [-0.3, -0.25) is 4.79 Å². The molecule has 1 heterocycles. The highest BCUT2D eigenvalue weighted by Crippen LogP contribution is 2.33. The fourth-order valence-electron chi connectivity index (χ4n) is 1.52. The number of carbonyl (C=O) groups excluding carboxylic acids is 1. The van der Waals surface area contributed by atoms with Gasteiger partial charge in [0.05, 0.1) is 12.0 Å². The van der Waals surface area contributed by atoms with Gasteiger partial charge >= 0.3 is 0 Å². The van der Waals surface area contributed by atoms with Gasteiger partial charge in [-0.1, -0.05) is 0 Å². The second-order valence-electron chi connectivity index (χ2n) is 3.66. The average molecular weight is 475 g/mol. The van der Waals surface area contributed by atoms with Crippen LogP contribution < -0.4 is 0 Å². The molecule has 0 saturated carbocycles. The quantitative estimate of drug-likeness (QED) is 0.409. The van der Waals surface area contributed by atoms with Crippen molar-refractivity contribution in [3.63, 3.8) is 0 Å². The van der Waals surface area contributed by atoms with Gasteiger partial charge in [-0.05, 0) is 66.0 Å². The lowest BCUT2D eigenvalue weighted by molar-refractivity contribution is 0.0990. The van der Waals surface area contributed by atoms with E-state index in [2.05, 4.69) is 47.8 Å². The van der Waals surface area contributed by atoms with E-state index in [9.17, 15) is 13.6 Å². The number of hydrogen-bond acceptors (Lipinski definition) is 2. The van der Waals surface area contributed by atoms with E-state index >= 15 is 0 Å². The van der Waals surface area contributed by atoms with Crippen molar-refractivity contribution in [3.8, 4) is 0 Å². The summed E-state index contributed by atoms with van der Waals surface area (Å²) in [6.45, 7) is 0. The molecule has 0 aliphatic heterocycles. The Labute approximate surface area is 137 Å². The number of carbonyl (C=O) groups is 1. The first-order valence-electron chi connectivity index (χ1n) is 5.00. The van der Waals surface area contributed by atoms with Gasteiger partial charge in [0.2, 0.25) is 0 Å². The summed E-state index contributed by atoms with van der Waals surface area (Å²) >= 11 is 10.8. The first-order valence-corrected chi connectivity index (χ1v) is 8.20. The Bertz CT molecular complexity index is 655. The first kappa shape index (κ1) is 15.3. The fourth-order valence-corrected chi connectivity index (χ4v) is 4.74. The van der Waals surface area contributed by atoms with Crippen LogP contribution in [-0.4, -0.2) is 5.78 Å². The normalized spacial score (nSPS) is 10.8. The Balaban J connectivity index is 2.34. The van der Waals surface area contributed by atoms with Gasteiger partial charge in [0.15, 0.2) is 5.78 Å². The van der Waals surface area contributed by atoms with Crippen molar-refractivity contribution in [2.45, 2.75) is 6.42 Å². The van der Waals surface area contributed by atoms with E-state index in [4.69, 9.17) is 0 Å². The average Bonchev–Trinajstić information content (AvgIpc) is 2.69. The Kier molecular flexibility index (Phi) is 4.92. The Morgan fingerprint density at radius 3 is 2.47 bits per heavy atom. The van der Waals surface area contributed by atoms with Crippen LogP contribution in [0.15, 0.2) is 30.2 Å². The third-order valence-corrected chi connectivity index (χ3v) is 5.39. The van der Waals surface area contributed by atoms with Crippen LogP contribution in [0.25, 0.3) is 0 Å². The molecule has 1 aromatic carbocycles. The van der Waals surface area contributed by atoms with Gasteiger partial charge in [-0.2, -0.15) is 0 Å². The number of hydrogen-bond donors (Lipinski definition) is 0. The van der Waals surface area contributed by atoms with Gasteiger partial charge in [0.25, 0.3) is 0 Å². The summed E-state index contributed by atoms with van der Waals surface area (Å²) in [5, 5.41) is 0. The molecule has 0 atom stereocenters. The molecule has 0 N–H and O–H groups in total. The maximum Gasteiger partial charge on any atom is 0.169 e. The van der Waals surface area contributed by atoms with Crippen LogP contribution >= 0.6 is 59.1 Å². The number of rotatable bonds is 3. The molecule has 100 valence electrons. The van der Waals surface area contributed by atoms with E-state index in [0.29, 0.717) is 9.35 Å². The van der Waals surface area contributed by atoms with Gasteiger partial charge in [-0.15, -0.1) is 11.3 Å². The summed E-state index contributed by atoms with van der Waals surface area (Å²) < 4.78 is 28.9. The first-order chi connectivity index (χ1) is 8.90. The summed E-state index contributed by atoms with van der Waals surface area (Å²) in [6, 6.07) is 4.04. The van der Waals surface area contributed by atoms with Crippen molar-refractivity contribution in [1.82, 2.24) is 0 Å². The molecular formula is C12H5Br3F2OS. The van der Waals surface area contributed by atoms with E-state index in [1.54, 1.807) is 6.07 Å². The smallest absolute Gasteiger partial charge is 0.169 e. The SMILES string of the molecule is O=C(Cc1c(F)ccc(Br)c1F)c1cc(Br)sc1Br. The topological polar surface area (TPSA) is 17.1 Å². The Hall–Kier alpha value is -0.110. The molecule has 0 fully saturated rings. The molecule has 2 aromatic rings. The van der Waals surface area contributed by atoms with Crippen LogP contribution in [0.5, 0.6) is 0 Å². The Morgan fingerprint density at radius 2 is 1.89 bits per heavy atom. The lowest BCUT2D eigenvalue weighted by atomic mass is 10.0. The van der Waals surface area contributed by atoms with Crippen LogP contribution in [-0.2, 0) is 6.42 Å². The number of ketones is 1. The molecule has 7 heteroatoms. The maximum absolute atomic E-state index is 13.8. The molecule has 0 aliphatic rings. The van der Waals surface area contributed by atoms with Crippen molar-refractivity contribution < 1.29 is 13.6 Å². The minimum atomic E-state index is -0.737. The van der Waals surface area contributed by atoms with Crippen molar-refractivity contribution in [2.75, 3.05) is 0 Å². The number of halogens is 5. The third-order valence-electron chi connectivity index (χ3n) is 2.43. The lowest BCUT2D eigenvalue weighted by Crippen LogP contribution is -2.07. The number of thiophene rings is 1. The second kappa shape index (κ2) is 6.11. The van der Waals surface area contributed by atoms with E-state index < -0.39 is 11.6 Å². The van der Waals surface area contributed by atoms with Crippen molar-refractivity contribution in [3.05, 3.63) is 53.0 Å². The molecule has 0 spiro atoms. The van der Waals surface area contributed by atoms with Gasteiger partial charge < -0.3 is 0 Å². The molecule has 0 amide bonds. The largest absolute Gasteiger partial charge is 0.294 e. The standard InChI is InChI=1S/C12H5Br3F2OS/c13-7-1-2-8(16)5(11(7)17)3-9(18)6-4-10(14)19-12(6)15/h1-2,4H,3H2. The number of benzene rings is 1. The summed E-state index contributed by atoms with van der Waals surface area (Å²) in [7, 11) is 0. The van der Waals surface area contributed by atoms with E-state index in [0.717, 1.165) is 9.85 Å². The summed E-state index contributed by atoms with van der Waals surface area (Å²) in [4.78, 5) is 12.1. The van der Waals surface area contributed by atoms with Crippen LogP contribution in [0, 0.1) is 11.6 Å². The zero-order valence-electron chi connectivity index (χ0n) is 9.15. The number of Topliss-reactive ketones (excluding diaryl/α,β-unsaturated/α-hetero) is 1. The van der Waals surface area contributed by atoms with Crippen molar-refractivity contribution >= 4 is 64.9 Å². The third kappa shape index (κ3) is 3.32. The molecule has 0 unspecified atom stereocenters. The van der Waals surface area contributed by atoms with E-state index in [1.807, 2.05) is 0 Å². The van der Waals surface area contributed by atoms with E-state index in [-0.39, 0.29) is 22.2 Å². The summed E-state index contributed by atoms with van der Waals surface area (Å²) in [6.07, 6.45) is -0.321. The lowest BCUT2D eigenvalue weighted by Gasteiger charge is -2.05. The van der Waals surface area contributed by atoms with Gasteiger partial charge in [-0.25, -0.2) is 8.78 Å². The minimum absolute atomic E-state index is 0.141. The van der Waals surface area contributed by atoms with Crippen molar-refractivity contribution in [1.29, 1.82) is 0 Å². The molecule has 1 nitrogen and oxygen atoms in total. The second-order valence-corrected chi connectivity index (χ2v) is 8.26. The predicted molar refractivity (Wildman–Crippen MR) is 81.8 cm³/mol. The minimum Gasteiger partial charge on any atom is -0.294 e. The molecule has 0 aliphatic carbocycles. The molecule has 1 aromatic heterocycles. The Morgan fingerprint density at radius 1 is 1.21 bits per heavy atom. The van der Waals surface area contributed by atoms with Crippen LogP contribution in [0.4, 0.5) is 8.78 Å². The highest BCUT2D eigenvalue weighted by Gasteiger charge is 2.19. The van der Waals surface area contributed by atoms with E-state index in [1.165, 1.54) is 17.4 Å². The zero-order valence-corrected chi connectivity index (χ0v) is 14.7. The molecule has 0 saturated heterocycles. The van der Waals surface area contributed by atoms with Gasteiger partial charge in [0, 0.05) is 17.5 Å². The maximum atomic E-state index is 13.8. The molecule has 0 bridgehead atoms. The summed E-state index contributed by atoms with van der Waals surface area (Å²) in [5.41, 5.74) is 0.184. The fraction of sp³-hybridized carbons (Fsp3) is 0.0833.